The summed E-state index contributed by atoms with van der Waals surface area (Å²) in [6.07, 6.45) is 0. The van der Waals surface area contributed by atoms with Crippen LogP contribution >= 0.6 is 15.9 Å². The zero-order chi connectivity index (χ0) is 13.9. The number of benzene rings is 1. The van der Waals surface area contributed by atoms with Gasteiger partial charge in [0.2, 0.25) is 0 Å². The van der Waals surface area contributed by atoms with E-state index in [0.717, 1.165) is 12.1 Å². The standard InChI is InChI=1S/C14H22BrFN2/c1-10(18(4)9-14(2,3)8-17)11-5-6-13(16)12(15)7-11/h5-7,10H,8-9,17H2,1-4H3. The third kappa shape index (κ3) is 4.04. The summed E-state index contributed by atoms with van der Waals surface area (Å²) in [4.78, 5) is 2.24. The van der Waals surface area contributed by atoms with E-state index < -0.39 is 0 Å². The SMILES string of the molecule is CC(c1ccc(F)c(Br)c1)N(C)CC(C)(C)CN. The van der Waals surface area contributed by atoms with Gasteiger partial charge in [0.05, 0.1) is 4.47 Å². The van der Waals surface area contributed by atoms with Crippen LogP contribution in [-0.2, 0) is 0 Å². The third-order valence-corrected chi connectivity index (χ3v) is 3.92. The lowest BCUT2D eigenvalue weighted by atomic mass is 9.92. The largest absolute Gasteiger partial charge is 0.330 e. The lowest BCUT2D eigenvalue weighted by Gasteiger charge is -2.33. The van der Waals surface area contributed by atoms with Crippen LogP contribution < -0.4 is 5.73 Å². The maximum absolute atomic E-state index is 13.2. The Hall–Kier alpha value is -0.450. The van der Waals surface area contributed by atoms with Gasteiger partial charge >= 0.3 is 0 Å². The van der Waals surface area contributed by atoms with Gasteiger partial charge in [-0.05, 0) is 59.6 Å². The van der Waals surface area contributed by atoms with Crippen LogP contribution in [0.3, 0.4) is 0 Å². The number of hydrogen-bond acceptors (Lipinski definition) is 2. The summed E-state index contributed by atoms with van der Waals surface area (Å²) in [5.74, 6) is -0.226. The van der Waals surface area contributed by atoms with Crippen molar-refractivity contribution in [1.82, 2.24) is 4.90 Å². The summed E-state index contributed by atoms with van der Waals surface area (Å²) in [5, 5.41) is 0. The molecule has 2 nitrogen and oxygen atoms in total. The first-order chi connectivity index (χ1) is 8.26. The number of hydrogen-bond donors (Lipinski definition) is 1. The number of rotatable bonds is 5. The minimum absolute atomic E-state index is 0.0836. The van der Waals surface area contributed by atoms with Gasteiger partial charge in [0.25, 0.3) is 0 Å². The Morgan fingerprint density at radius 1 is 1.44 bits per heavy atom. The summed E-state index contributed by atoms with van der Waals surface area (Å²) in [5.41, 5.74) is 6.93. The van der Waals surface area contributed by atoms with Gasteiger partial charge in [0.15, 0.2) is 0 Å². The average Bonchev–Trinajstić information content (AvgIpc) is 2.31. The van der Waals surface area contributed by atoms with E-state index in [1.165, 1.54) is 6.07 Å². The maximum Gasteiger partial charge on any atom is 0.137 e. The van der Waals surface area contributed by atoms with Crippen molar-refractivity contribution in [3.63, 3.8) is 0 Å². The topological polar surface area (TPSA) is 29.3 Å². The normalized spacial score (nSPS) is 14.0. The van der Waals surface area contributed by atoms with E-state index in [0.29, 0.717) is 11.0 Å². The van der Waals surface area contributed by atoms with Crippen LogP contribution in [0.1, 0.15) is 32.4 Å². The van der Waals surface area contributed by atoms with Crippen LogP contribution in [0, 0.1) is 11.2 Å². The van der Waals surface area contributed by atoms with Crippen LogP contribution in [0.5, 0.6) is 0 Å². The molecule has 0 aliphatic rings. The van der Waals surface area contributed by atoms with Crippen molar-refractivity contribution in [3.8, 4) is 0 Å². The van der Waals surface area contributed by atoms with Gasteiger partial charge in [-0.3, -0.25) is 4.90 Å². The molecular formula is C14H22BrFN2. The fourth-order valence-electron chi connectivity index (χ4n) is 1.90. The molecule has 0 aromatic heterocycles. The highest BCUT2D eigenvalue weighted by molar-refractivity contribution is 9.10. The van der Waals surface area contributed by atoms with E-state index in [2.05, 4.69) is 48.6 Å². The molecule has 0 aliphatic heterocycles. The molecule has 18 heavy (non-hydrogen) atoms. The van der Waals surface area contributed by atoms with Gasteiger partial charge in [0.1, 0.15) is 5.82 Å². The molecule has 0 aliphatic carbocycles. The van der Waals surface area contributed by atoms with Crippen molar-refractivity contribution in [3.05, 3.63) is 34.1 Å². The lowest BCUT2D eigenvalue weighted by Crippen LogP contribution is -2.37. The van der Waals surface area contributed by atoms with Gasteiger partial charge in [-0.2, -0.15) is 0 Å². The zero-order valence-electron chi connectivity index (χ0n) is 11.5. The number of nitrogens with two attached hydrogens (primary N) is 1. The van der Waals surface area contributed by atoms with Gasteiger partial charge in [-0.25, -0.2) is 4.39 Å². The Balaban J connectivity index is 2.80. The fraction of sp³-hybridized carbons (Fsp3) is 0.571. The first-order valence-electron chi connectivity index (χ1n) is 6.12. The second kappa shape index (κ2) is 6.13. The van der Waals surface area contributed by atoms with Crippen LogP contribution in [0.2, 0.25) is 0 Å². The van der Waals surface area contributed by atoms with Crippen LogP contribution in [0.4, 0.5) is 4.39 Å². The number of halogens is 2. The van der Waals surface area contributed by atoms with Gasteiger partial charge in [-0.1, -0.05) is 19.9 Å². The van der Waals surface area contributed by atoms with Crippen LogP contribution in [0.25, 0.3) is 0 Å². The molecule has 0 radical (unpaired) electrons. The van der Waals surface area contributed by atoms with E-state index in [-0.39, 0.29) is 17.3 Å². The van der Waals surface area contributed by atoms with E-state index in [4.69, 9.17) is 5.73 Å². The Kier molecular flexibility index (Phi) is 5.32. The molecule has 1 aromatic rings. The number of nitrogens with zero attached hydrogens (tertiary/aromatic N) is 1. The highest BCUT2D eigenvalue weighted by Gasteiger charge is 2.22. The van der Waals surface area contributed by atoms with Crippen molar-refractivity contribution < 1.29 is 4.39 Å². The smallest absolute Gasteiger partial charge is 0.137 e. The van der Waals surface area contributed by atoms with Crippen LogP contribution in [-0.4, -0.2) is 25.0 Å². The molecule has 1 atom stereocenters. The van der Waals surface area contributed by atoms with Crippen molar-refractivity contribution in [1.29, 1.82) is 0 Å². The molecule has 0 saturated heterocycles. The molecule has 1 aromatic carbocycles. The first kappa shape index (κ1) is 15.6. The Morgan fingerprint density at radius 3 is 2.56 bits per heavy atom. The Morgan fingerprint density at radius 2 is 2.06 bits per heavy atom. The van der Waals surface area contributed by atoms with Crippen molar-refractivity contribution in [2.24, 2.45) is 11.1 Å². The predicted molar refractivity (Wildman–Crippen MR) is 78.0 cm³/mol. The molecule has 102 valence electrons. The lowest BCUT2D eigenvalue weighted by molar-refractivity contribution is 0.174. The Labute approximate surface area is 117 Å². The summed E-state index contributed by atoms with van der Waals surface area (Å²) < 4.78 is 13.7. The first-order valence-corrected chi connectivity index (χ1v) is 6.91. The van der Waals surface area contributed by atoms with Crippen molar-refractivity contribution in [2.75, 3.05) is 20.1 Å². The second-order valence-corrected chi connectivity index (χ2v) is 6.49. The van der Waals surface area contributed by atoms with E-state index >= 15 is 0 Å². The summed E-state index contributed by atoms with van der Waals surface area (Å²) in [6, 6.07) is 5.40. The Bertz CT molecular complexity index is 407. The van der Waals surface area contributed by atoms with Crippen LogP contribution in [0.15, 0.2) is 22.7 Å². The molecule has 1 rings (SSSR count). The second-order valence-electron chi connectivity index (χ2n) is 5.63. The minimum atomic E-state index is -0.226. The molecule has 0 saturated carbocycles. The third-order valence-electron chi connectivity index (χ3n) is 3.32. The summed E-state index contributed by atoms with van der Waals surface area (Å²) in [7, 11) is 2.07. The highest BCUT2D eigenvalue weighted by atomic mass is 79.9. The molecule has 0 fully saturated rings. The monoisotopic (exact) mass is 316 g/mol. The quantitative estimate of drug-likeness (QED) is 0.899. The predicted octanol–water partition coefficient (Wildman–Crippen LogP) is 3.57. The summed E-state index contributed by atoms with van der Waals surface area (Å²) in [6.45, 7) is 7.97. The molecule has 0 heterocycles. The molecule has 0 spiro atoms. The summed E-state index contributed by atoms with van der Waals surface area (Å²) >= 11 is 3.23. The molecule has 0 bridgehead atoms. The van der Waals surface area contributed by atoms with Crippen molar-refractivity contribution in [2.45, 2.75) is 26.8 Å². The molecule has 2 N–H and O–H groups in total. The minimum Gasteiger partial charge on any atom is -0.330 e. The molecule has 0 amide bonds. The van der Waals surface area contributed by atoms with Gasteiger partial charge in [-0.15, -0.1) is 0 Å². The van der Waals surface area contributed by atoms with Gasteiger partial charge in [0, 0.05) is 12.6 Å². The zero-order valence-corrected chi connectivity index (χ0v) is 13.1. The van der Waals surface area contributed by atoms with Crippen molar-refractivity contribution >= 4 is 15.9 Å². The molecule has 1 unspecified atom stereocenters. The van der Waals surface area contributed by atoms with E-state index in [1.54, 1.807) is 0 Å². The van der Waals surface area contributed by atoms with E-state index in [9.17, 15) is 4.39 Å². The van der Waals surface area contributed by atoms with Gasteiger partial charge < -0.3 is 5.73 Å². The molecule has 4 heteroatoms. The fourth-order valence-corrected chi connectivity index (χ4v) is 2.30. The van der Waals surface area contributed by atoms with E-state index in [1.807, 2.05) is 12.1 Å². The molecular weight excluding hydrogens is 295 g/mol. The maximum atomic E-state index is 13.2. The average molecular weight is 317 g/mol. The highest BCUT2D eigenvalue weighted by Crippen LogP contribution is 2.26.